The van der Waals surface area contributed by atoms with Crippen LogP contribution < -0.4 is 9.80 Å². The number of pyridine rings is 1. The van der Waals surface area contributed by atoms with E-state index in [0.717, 1.165) is 11.4 Å². The third-order valence-electron chi connectivity index (χ3n) is 3.61. The van der Waals surface area contributed by atoms with Crippen molar-refractivity contribution in [1.29, 1.82) is 0 Å². The number of ether oxygens (including phenoxy) is 1. The molecule has 24 heavy (non-hydrogen) atoms. The third kappa shape index (κ3) is 3.32. The molecule has 3 rings (SSSR count). The van der Waals surface area contributed by atoms with Gasteiger partial charge in [0.1, 0.15) is 17.2 Å². The molecule has 0 fully saturated rings. The lowest BCUT2D eigenvalue weighted by Crippen LogP contribution is -2.44. The Bertz CT molecular complexity index is 741. The average molecular weight is 329 g/mol. The number of amides is 1. The zero-order valence-corrected chi connectivity index (χ0v) is 14.0. The number of hydrogen-bond donors (Lipinski definition) is 0. The predicted octanol–water partition coefficient (Wildman–Crippen LogP) is 4.11. The number of nitrogens with zero attached hydrogens (tertiary/aromatic N) is 3. The van der Waals surface area contributed by atoms with Crippen molar-refractivity contribution in [2.75, 3.05) is 22.9 Å². The van der Waals surface area contributed by atoms with Gasteiger partial charge in [0.05, 0.1) is 17.6 Å². The van der Waals surface area contributed by atoms with Crippen molar-refractivity contribution in [2.24, 2.45) is 0 Å². The van der Waals surface area contributed by atoms with Gasteiger partial charge in [0, 0.05) is 13.1 Å². The molecule has 126 valence electrons. The van der Waals surface area contributed by atoms with E-state index >= 15 is 0 Å². The largest absolute Gasteiger partial charge is 0.443 e. The molecule has 0 aliphatic carbocycles. The highest BCUT2D eigenvalue weighted by Crippen LogP contribution is 2.37. The Kier molecular flexibility index (Phi) is 4.13. The van der Waals surface area contributed by atoms with Crippen LogP contribution in [0.1, 0.15) is 20.8 Å². The van der Waals surface area contributed by atoms with Crippen molar-refractivity contribution in [3.8, 4) is 0 Å². The van der Waals surface area contributed by atoms with Gasteiger partial charge in [0.2, 0.25) is 0 Å². The Morgan fingerprint density at radius 1 is 1.12 bits per heavy atom. The first-order valence-electron chi connectivity index (χ1n) is 7.84. The maximum atomic E-state index is 13.1. The Morgan fingerprint density at radius 3 is 2.46 bits per heavy atom. The third-order valence-corrected chi connectivity index (χ3v) is 3.61. The summed E-state index contributed by atoms with van der Waals surface area (Å²) in [6.07, 6.45) is 0.819. The maximum Gasteiger partial charge on any atom is 0.414 e. The standard InChI is InChI=1S/C18H20FN3O2/c1-18(2,3)24-17(23)22-11-10-21(14-6-4-5-7-15(14)22)16-9-8-13(19)12-20-16/h4-9,12H,10-11H2,1-3H3. The molecule has 0 spiro atoms. The highest BCUT2D eigenvalue weighted by atomic mass is 19.1. The van der Waals surface area contributed by atoms with Crippen LogP contribution in [0.25, 0.3) is 0 Å². The number of fused-ring (bicyclic) bond motifs is 1. The fourth-order valence-electron chi connectivity index (χ4n) is 2.63. The highest BCUT2D eigenvalue weighted by molar-refractivity contribution is 5.95. The Hall–Kier alpha value is -2.63. The molecule has 1 amide bonds. The lowest BCUT2D eigenvalue weighted by Gasteiger charge is -2.37. The molecular weight excluding hydrogens is 309 g/mol. The van der Waals surface area contributed by atoms with Gasteiger partial charge < -0.3 is 9.64 Å². The normalized spacial score (nSPS) is 14.3. The number of carbonyl (C=O) groups excluding carboxylic acids is 1. The fraction of sp³-hybridized carbons (Fsp3) is 0.333. The van der Waals surface area contributed by atoms with E-state index in [2.05, 4.69) is 4.98 Å². The second kappa shape index (κ2) is 6.11. The fourth-order valence-corrected chi connectivity index (χ4v) is 2.63. The van der Waals surface area contributed by atoms with Gasteiger partial charge in [-0.2, -0.15) is 0 Å². The number of carbonyl (C=O) groups is 1. The molecule has 1 aliphatic heterocycles. The number of halogens is 1. The van der Waals surface area contributed by atoms with Crippen molar-refractivity contribution in [3.05, 3.63) is 48.4 Å². The van der Waals surface area contributed by atoms with E-state index in [-0.39, 0.29) is 11.9 Å². The van der Waals surface area contributed by atoms with E-state index in [0.29, 0.717) is 18.9 Å². The van der Waals surface area contributed by atoms with Crippen molar-refractivity contribution in [1.82, 2.24) is 4.98 Å². The highest BCUT2D eigenvalue weighted by Gasteiger charge is 2.30. The lowest BCUT2D eigenvalue weighted by atomic mass is 10.1. The van der Waals surface area contributed by atoms with Gasteiger partial charge in [-0.1, -0.05) is 12.1 Å². The average Bonchev–Trinajstić information content (AvgIpc) is 2.53. The first-order valence-corrected chi connectivity index (χ1v) is 7.84. The van der Waals surface area contributed by atoms with E-state index in [4.69, 9.17) is 4.74 Å². The van der Waals surface area contributed by atoms with Gasteiger partial charge in [-0.25, -0.2) is 14.2 Å². The second-order valence-corrected chi connectivity index (χ2v) is 6.61. The van der Waals surface area contributed by atoms with Gasteiger partial charge in [0.15, 0.2) is 0 Å². The summed E-state index contributed by atoms with van der Waals surface area (Å²) in [5, 5.41) is 0. The van der Waals surface area contributed by atoms with Crippen LogP contribution in [0.4, 0.5) is 26.4 Å². The molecule has 1 aliphatic rings. The number of anilines is 3. The molecule has 5 nitrogen and oxygen atoms in total. The van der Waals surface area contributed by atoms with E-state index in [1.807, 2.05) is 49.9 Å². The molecule has 2 heterocycles. The van der Waals surface area contributed by atoms with Crippen LogP contribution in [0.3, 0.4) is 0 Å². The number of para-hydroxylation sites is 2. The monoisotopic (exact) mass is 329 g/mol. The van der Waals surface area contributed by atoms with Gasteiger partial charge in [-0.3, -0.25) is 4.90 Å². The van der Waals surface area contributed by atoms with E-state index < -0.39 is 5.60 Å². The summed E-state index contributed by atoms with van der Waals surface area (Å²) < 4.78 is 18.6. The first-order chi connectivity index (χ1) is 11.3. The molecule has 0 N–H and O–H groups in total. The molecular formula is C18H20FN3O2. The minimum absolute atomic E-state index is 0.373. The minimum Gasteiger partial charge on any atom is -0.443 e. The second-order valence-electron chi connectivity index (χ2n) is 6.61. The quantitative estimate of drug-likeness (QED) is 0.790. The van der Waals surface area contributed by atoms with Crippen molar-refractivity contribution in [2.45, 2.75) is 26.4 Å². The molecule has 0 saturated heterocycles. The smallest absolute Gasteiger partial charge is 0.414 e. The molecule has 0 bridgehead atoms. The summed E-state index contributed by atoms with van der Waals surface area (Å²) >= 11 is 0. The minimum atomic E-state index is -0.554. The van der Waals surface area contributed by atoms with Gasteiger partial charge in [-0.05, 0) is 45.0 Å². The summed E-state index contributed by atoms with van der Waals surface area (Å²) in [4.78, 5) is 20.2. The van der Waals surface area contributed by atoms with E-state index in [1.54, 1.807) is 11.0 Å². The SMILES string of the molecule is CC(C)(C)OC(=O)N1CCN(c2ccc(F)cn2)c2ccccc21. The zero-order chi connectivity index (χ0) is 17.3. The molecule has 0 radical (unpaired) electrons. The van der Waals surface area contributed by atoms with E-state index in [1.165, 1.54) is 12.3 Å². The molecule has 6 heteroatoms. The van der Waals surface area contributed by atoms with Crippen molar-refractivity contribution < 1.29 is 13.9 Å². The lowest BCUT2D eigenvalue weighted by molar-refractivity contribution is 0.0580. The topological polar surface area (TPSA) is 45.7 Å². The summed E-state index contributed by atoms with van der Waals surface area (Å²) in [5.41, 5.74) is 1.04. The van der Waals surface area contributed by atoms with Crippen LogP contribution in [0.5, 0.6) is 0 Å². The zero-order valence-electron chi connectivity index (χ0n) is 14.0. The van der Waals surface area contributed by atoms with Crippen molar-refractivity contribution >= 4 is 23.3 Å². The van der Waals surface area contributed by atoms with Crippen LogP contribution in [0.2, 0.25) is 0 Å². The van der Waals surface area contributed by atoms with Gasteiger partial charge >= 0.3 is 6.09 Å². The summed E-state index contributed by atoms with van der Waals surface area (Å²) in [7, 11) is 0. The summed E-state index contributed by atoms with van der Waals surface area (Å²) in [6, 6.07) is 10.6. The van der Waals surface area contributed by atoms with Crippen LogP contribution in [0.15, 0.2) is 42.6 Å². The van der Waals surface area contributed by atoms with Crippen LogP contribution >= 0.6 is 0 Å². The predicted molar refractivity (Wildman–Crippen MR) is 91.2 cm³/mol. The van der Waals surface area contributed by atoms with E-state index in [9.17, 15) is 9.18 Å². The molecule has 1 aromatic carbocycles. The molecule has 1 aromatic heterocycles. The van der Waals surface area contributed by atoms with Crippen LogP contribution in [-0.2, 0) is 4.74 Å². The Balaban J connectivity index is 1.93. The molecule has 0 unspecified atom stereocenters. The van der Waals surface area contributed by atoms with Gasteiger partial charge in [-0.15, -0.1) is 0 Å². The Labute approximate surface area is 140 Å². The Morgan fingerprint density at radius 2 is 1.83 bits per heavy atom. The summed E-state index contributed by atoms with van der Waals surface area (Å²) in [6.45, 7) is 6.54. The first kappa shape index (κ1) is 16.2. The number of aromatic nitrogens is 1. The number of rotatable bonds is 1. The molecule has 2 aromatic rings. The van der Waals surface area contributed by atoms with Crippen molar-refractivity contribution in [3.63, 3.8) is 0 Å². The molecule has 0 atom stereocenters. The summed E-state index contributed by atoms with van der Waals surface area (Å²) in [5.74, 6) is 0.270. The number of hydrogen-bond acceptors (Lipinski definition) is 4. The van der Waals surface area contributed by atoms with Crippen LogP contribution in [0, 0.1) is 5.82 Å². The number of benzene rings is 1. The van der Waals surface area contributed by atoms with Gasteiger partial charge in [0.25, 0.3) is 0 Å². The molecule has 0 saturated carbocycles. The maximum absolute atomic E-state index is 13.1. The van der Waals surface area contributed by atoms with Crippen LogP contribution in [-0.4, -0.2) is 29.8 Å².